The Labute approximate surface area is 160 Å². The van der Waals surface area contributed by atoms with Crippen LogP contribution in [0, 0.1) is 0 Å². The number of hydrogen-bond donors (Lipinski definition) is 1. The summed E-state index contributed by atoms with van der Waals surface area (Å²) in [5, 5.41) is 0. The van der Waals surface area contributed by atoms with Crippen LogP contribution in [-0.2, 0) is 17.4 Å². The minimum Gasteiger partial charge on any atom is -0.369 e. The Morgan fingerprint density at radius 3 is 2.43 bits per heavy atom. The third-order valence-corrected chi connectivity index (χ3v) is 4.29. The summed E-state index contributed by atoms with van der Waals surface area (Å²) in [7, 11) is 1.66. The molecule has 1 amide bonds. The van der Waals surface area contributed by atoms with Crippen molar-refractivity contribution in [2.45, 2.75) is 12.6 Å². The zero-order valence-corrected chi connectivity index (χ0v) is 15.1. The second-order valence-corrected chi connectivity index (χ2v) is 6.36. The van der Waals surface area contributed by atoms with E-state index in [-0.39, 0.29) is 6.42 Å². The second kappa shape index (κ2) is 7.72. The number of hydrogen-bond acceptors (Lipinski definition) is 3. The van der Waals surface area contributed by atoms with Crippen molar-refractivity contribution < 1.29 is 18.0 Å². The van der Waals surface area contributed by atoms with Gasteiger partial charge in [0.05, 0.1) is 12.0 Å². The van der Waals surface area contributed by atoms with Crippen molar-refractivity contribution in [2.24, 2.45) is 5.73 Å². The Balaban J connectivity index is 1.84. The maximum atomic E-state index is 12.9. The highest BCUT2D eigenvalue weighted by atomic mass is 19.4. The van der Waals surface area contributed by atoms with E-state index in [9.17, 15) is 18.0 Å². The fourth-order valence-corrected chi connectivity index (χ4v) is 2.84. The van der Waals surface area contributed by atoms with Gasteiger partial charge in [-0.2, -0.15) is 13.2 Å². The first-order valence-corrected chi connectivity index (χ1v) is 8.49. The van der Waals surface area contributed by atoms with Crippen molar-refractivity contribution in [3.05, 3.63) is 78.0 Å². The molecule has 144 valence electrons. The Kier molecular flexibility index (Phi) is 5.35. The van der Waals surface area contributed by atoms with Gasteiger partial charge in [-0.05, 0) is 41.5 Å². The van der Waals surface area contributed by atoms with Crippen molar-refractivity contribution >= 4 is 17.4 Å². The normalized spacial score (nSPS) is 11.3. The lowest BCUT2D eigenvalue weighted by Crippen LogP contribution is -2.13. The monoisotopic (exact) mass is 385 g/mol. The summed E-state index contributed by atoms with van der Waals surface area (Å²) in [5.41, 5.74) is 7.41. The summed E-state index contributed by atoms with van der Waals surface area (Å²) in [4.78, 5) is 17.0. The first-order chi connectivity index (χ1) is 13.2. The predicted octanol–water partition coefficient (Wildman–Crippen LogP) is 4.56. The highest BCUT2D eigenvalue weighted by Crippen LogP contribution is 2.33. The summed E-state index contributed by atoms with van der Waals surface area (Å²) in [6.45, 7) is 0. The first-order valence-electron chi connectivity index (χ1n) is 8.49. The van der Waals surface area contributed by atoms with Gasteiger partial charge in [0.25, 0.3) is 0 Å². The fourth-order valence-electron chi connectivity index (χ4n) is 2.84. The number of anilines is 2. The van der Waals surface area contributed by atoms with Gasteiger partial charge in [-0.3, -0.25) is 4.79 Å². The average molecular weight is 385 g/mol. The lowest BCUT2D eigenvalue weighted by atomic mass is 10.0. The Bertz CT molecular complexity index is 985. The van der Waals surface area contributed by atoms with Crippen LogP contribution in [0.4, 0.5) is 24.7 Å². The van der Waals surface area contributed by atoms with Crippen molar-refractivity contribution in [2.75, 3.05) is 11.9 Å². The van der Waals surface area contributed by atoms with Gasteiger partial charge >= 0.3 is 6.18 Å². The molecule has 1 aromatic heterocycles. The van der Waals surface area contributed by atoms with Crippen LogP contribution in [-0.4, -0.2) is 17.9 Å². The maximum absolute atomic E-state index is 12.9. The second-order valence-electron chi connectivity index (χ2n) is 6.36. The number of nitrogens with zero attached hydrogens (tertiary/aromatic N) is 2. The van der Waals surface area contributed by atoms with Crippen molar-refractivity contribution in [1.29, 1.82) is 0 Å². The van der Waals surface area contributed by atoms with E-state index in [4.69, 9.17) is 5.73 Å². The highest BCUT2D eigenvalue weighted by molar-refractivity contribution is 5.77. The van der Waals surface area contributed by atoms with E-state index in [0.29, 0.717) is 11.5 Å². The van der Waals surface area contributed by atoms with Crippen molar-refractivity contribution in [1.82, 2.24) is 4.98 Å². The molecule has 0 saturated carbocycles. The Morgan fingerprint density at radius 2 is 1.79 bits per heavy atom. The molecule has 3 aromatic rings. The molecule has 0 saturated heterocycles. The maximum Gasteiger partial charge on any atom is 0.416 e. The molecule has 1 heterocycles. The van der Waals surface area contributed by atoms with E-state index >= 15 is 0 Å². The highest BCUT2D eigenvalue weighted by Gasteiger charge is 2.30. The van der Waals surface area contributed by atoms with Gasteiger partial charge in [0.15, 0.2) is 0 Å². The number of benzene rings is 2. The molecule has 0 unspecified atom stereocenters. The molecular formula is C21H18F3N3O. The number of nitrogens with two attached hydrogens (primary N) is 1. The number of aromatic nitrogens is 1. The molecule has 0 bridgehead atoms. The van der Waals surface area contributed by atoms with Gasteiger partial charge < -0.3 is 10.6 Å². The van der Waals surface area contributed by atoms with Gasteiger partial charge in [0, 0.05) is 24.5 Å². The van der Waals surface area contributed by atoms with E-state index in [1.54, 1.807) is 30.3 Å². The standard InChI is InChI=1S/C21H18F3N3O/c1-27(18-7-3-6-17(12-18)21(22,23)24)20-9-8-16(13-26-20)15-5-2-4-14(10-15)11-19(25)28/h2-10,12-13H,11H2,1H3,(H2,25,28). The van der Waals surface area contributed by atoms with Gasteiger partial charge in [-0.1, -0.05) is 30.3 Å². The van der Waals surface area contributed by atoms with E-state index in [1.807, 2.05) is 30.3 Å². The number of carbonyl (C=O) groups excluding carboxylic acids is 1. The number of rotatable bonds is 5. The molecule has 0 atom stereocenters. The van der Waals surface area contributed by atoms with Crippen molar-refractivity contribution in [3.8, 4) is 11.1 Å². The third-order valence-electron chi connectivity index (χ3n) is 4.29. The number of primary amides is 1. The molecule has 0 aliphatic rings. The zero-order chi connectivity index (χ0) is 20.3. The smallest absolute Gasteiger partial charge is 0.369 e. The molecule has 2 aromatic carbocycles. The minimum absolute atomic E-state index is 0.150. The quantitative estimate of drug-likeness (QED) is 0.700. The summed E-state index contributed by atoms with van der Waals surface area (Å²) in [6.07, 6.45) is -2.61. The summed E-state index contributed by atoms with van der Waals surface area (Å²) in [5.74, 6) is 0.102. The summed E-state index contributed by atoms with van der Waals surface area (Å²) >= 11 is 0. The molecule has 0 aliphatic carbocycles. The molecule has 28 heavy (non-hydrogen) atoms. The van der Waals surface area contributed by atoms with E-state index in [0.717, 1.165) is 28.8 Å². The van der Waals surface area contributed by atoms with E-state index < -0.39 is 17.6 Å². The number of amides is 1. The zero-order valence-electron chi connectivity index (χ0n) is 15.1. The lowest BCUT2D eigenvalue weighted by molar-refractivity contribution is -0.137. The number of carbonyl (C=O) groups is 1. The van der Waals surface area contributed by atoms with Crippen LogP contribution in [0.2, 0.25) is 0 Å². The van der Waals surface area contributed by atoms with E-state index in [2.05, 4.69) is 4.98 Å². The van der Waals surface area contributed by atoms with Gasteiger partial charge in [0.1, 0.15) is 5.82 Å². The fraction of sp³-hybridized carbons (Fsp3) is 0.143. The van der Waals surface area contributed by atoms with Gasteiger partial charge in [-0.15, -0.1) is 0 Å². The Hall–Kier alpha value is -3.35. The molecule has 2 N–H and O–H groups in total. The topological polar surface area (TPSA) is 59.2 Å². The molecule has 0 fully saturated rings. The number of halogens is 3. The molecular weight excluding hydrogens is 367 g/mol. The molecule has 7 heteroatoms. The predicted molar refractivity (Wildman–Crippen MR) is 102 cm³/mol. The summed E-state index contributed by atoms with van der Waals surface area (Å²) in [6, 6.07) is 16.0. The van der Waals surface area contributed by atoms with Crippen LogP contribution in [0.3, 0.4) is 0 Å². The van der Waals surface area contributed by atoms with Gasteiger partial charge in [-0.25, -0.2) is 4.98 Å². The number of alkyl halides is 3. The molecule has 0 radical (unpaired) electrons. The van der Waals surface area contributed by atoms with Crippen LogP contribution >= 0.6 is 0 Å². The van der Waals surface area contributed by atoms with Crippen LogP contribution in [0.15, 0.2) is 66.9 Å². The van der Waals surface area contributed by atoms with Gasteiger partial charge in [0.2, 0.25) is 5.91 Å². The van der Waals surface area contributed by atoms with Crippen molar-refractivity contribution in [3.63, 3.8) is 0 Å². The average Bonchev–Trinajstić information content (AvgIpc) is 2.67. The third kappa shape index (κ3) is 4.49. The molecule has 0 aliphatic heterocycles. The largest absolute Gasteiger partial charge is 0.416 e. The van der Waals surface area contributed by atoms with E-state index in [1.165, 1.54) is 6.07 Å². The van der Waals surface area contributed by atoms with Crippen LogP contribution in [0.1, 0.15) is 11.1 Å². The minimum atomic E-state index is -4.40. The molecule has 0 spiro atoms. The molecule has 3 rings (SSSR count). The summed E-state index contributed by atoms with van der Waals surface area (Å²) < 4.78 is 38.8. The SMILES string of the molecule is CN(c1cccc(C(F)(F)F)c1)c1ccc(-c2cccc(CC(N)=O)c2)cn1. The van der Waals surface area contributed by atoms with Crippen LogP contribution < -0.4 is 10.6 Å². The van der Waals surface area contributed by atoms with Crippen LogP contribution in [0.5, 0.6) is 0 Å². The number of pyridine rings is 1. The first kappa shape index (κ1) is 19.4. The Morgan fingerprint density at radius 1 is 1.04 bits per heavy atom. The van der Waals surface area contributed by atoms with Crippen LogP contribution in [0.25, 0.3) is 11.1 Å². The molecule has 4 nitrogen and oxygen atoms in total. The lowest BCUT2D eigenvalue weighted by Gasteiger charge is -2.20.